The van der Waals surface area contributed by atoms with Gasteiger partial charge >= 0.3 is 5.97 Å². The molecule has 2 rings (SSSR count). The normalized spacial score (nSPS) is 11.0. The zero-order chi connectivity index (χ0) is 15.5. The molecule has 2 aromatic rings. The van der Waals surface area contributed by atoms with E-state index in [4.69, 9.17) is 9.47 Å². The Morgan fingerprint density at radius 2 is 2.05 bits per heavy atom. The number of hydrogen-bond donors (Lipinski definition) is 1. The molecule has 0 atom stereocenters. The van der Waals surface area contributed by atoms with E-state index in [1.54, 1.807) is 32.2 Å². The Morgan fingerprint density at radius 3 is 2.73 bits per heavy atom. The highest BCUT2D eigenvalue weighted by atomic mass is 35.5. The fraction of sp³-hybridized carbons (Fsp3) is 0.375. The van der Waals surface area contributed by atoms with Crippen molar-refractivity contribution in [2.24, 2.45) is 5.41 Å². The molecule has 5 nitrogen and oxygen atoms in total. The molecule has 0 bridgehead atoms. The Morgan fingerprint density at radius 1 is 1.32 bits per heavy atom. The van der Waals surface area contributed by atoms with Gasteiger partial charge in [0.15, 0.2) is 0 Å². The molecule has 1 heterocycles. The van der Waals surface area contributed by atoms with Crippen molar-refractivity contribution in [2.75, 3.05) is 13.7 Å². The molecule has 0 spiro atoms. The molecule has 0 aliphatic rings. The molecule has 1 aromatic carbocycles. The van der Waals surface area contributed by atoms with Gasteiger partial charge in [-0.1, -0.05) is 12.1 Å². The van der Waals surface area contributed by atoms with Crippen LogP contribution < -0.4 is 0 Å². The Labute approximate surface area is 135 Å². The van der Waals surface area contributed by atoms with Crippen LogP contribution in [0.3, 0.4) is 0 Å². The van der Waals surface area contributed by atoms with Crippen LogP contribution in [-0.2, 0) is 20.9 Å². The molecule has 22 heavy (non-hydrogen) atoms. The van der Waals surface area contributed by atoms with Crippen molar-refractivity contribution in [3.05, 3.63) is 36.0 Å². The second-order valence-electron chi connectivity index (χ2n) is 5.51. The van der Waals surface area contributed by atoms with E-state index in [9.17, 15) is 9.90 Å². The van der Waals surface area contributed by atoms with Gasteiger partial charge in [0.25, 0.3) is 0 Å². The molecular weight excluding hydrogens is 306 g/mol. The first-order valence-electron chi connectivity index (χ1n) is 6.67. The molecule has 0 amide bonds. The summed E-state index contributed by atoms with van der Waals surface area (Å²) in [7, 11) is 1.36. The second kappa shape index (κ2) is 7.42. The third-order valence-corrected chi connectivity index (χ3v) is 3.30. The van der Waals surface area contributed by atoms with Gasteiger partial charge in [-0.3, -0.25) is 9.78 Å². The van der Waals surface area contributed by atoms with Crippen molar-refractivity contribution in [3.8, 4) is 5.75 Å². The summed E-state index contributed by atoms with van der Waals surface area (Å²) in [5.41, 5.74) is 0.766. The van der Waals surface area contributed by atoms with Crippen molar-refractivity contribution < 1.29 is 19.4 Å². The average Bonchev–Trinajstić information content (AvgIpc) is 2.49. The minimum absolute atomic E-state index is 0. The fourth-order valence-electron chi connectivity index (χ4n) is 2.09. The highest BCUT2D eigenvalue weighted by Gasteiger charge is 2.29. The van der Waals surface area contributed by atoms with Crippen molar-refractivity contribution in [1.29, 1.82) is 0 Å². The fourth-order valence-corrected chi connectivity index (χ4v) is 2.09. The van der Waals surface area contributed by atoms with Crippen LogP contribution in [0.1, 0.15) is 19.4 Å². The number of pyridine rings is 1. The average molecular weight is 326 g/mol. The Hall–Kier alpha value is -1.85. The zero-order valence-electron chi connectivity index (χ0n) is 12.8. The van der Waals surface area contributed by atoms with E-state index >= 15 is 0 Å². The predicted octanol–water partition coefficient (Wildman–Crippen LogP) is 3.08. The molecule has 0 unspecified atom stereocenters. The van der Waals surface area contributed by atoms with Gasteiger partial charge in [0, 0.05) is 11.6 Å². The van der Waals surface area contributed by atoms with Gasteiger partial charge < -0.3 is 14.6 Å². The number of rotatable bonds is 5. The summed E-state index contributed by atoms with van der Waals surface area (Å²) >= 11 is 0. The number of phenolic OH excluding ortho intramolecular Hbond substituents is 1. The minimum Gasteiger partial charge on any atom is -0.506 e. The number of hydrogen-bond acceptors (Lipinski definition) is 5. The van der Waals surface area contributed by atoms with Crippen molar-refractivity contribution in [1.82, 2.24) is 4.98 Å². The number of aromatic nitrogens is 1. The van der Waals surface area contributed by atoms with E-state index < -0.39 is 5.41 Å². The molecule has 1 aromatic heterocycles. The van der Waals surface area contributed by atoms with Gasteiger partial charge in [-0.05, 0) is 31.5 Å². The summed E-state index contributed by atoms with van der Waals surface area (Å²) in [5.74, 6) is -0.163. The molecule has 0 aliphatic carbocycles. The lowest BCUT2D eigenvalue weighted by atomic mass is 9.95. The van der Waals surface area contributed by atoms with Crippen molar-refractivity contribution in [2.45, 2.75) is 20.5 Å². The Balaban J connectivity index is 0.00000242. The van der Waals surface area contributed by atoms with Gasteiger partial charge in [-0.25, -0.2) is 0 Å². The van der Waals surface area contributed by atoms with E-state index in [-0.39, 0.29) is 30.7 Å². The number of methoxy groups -OCH3 is 1. The number of carbonyl (C=O) groups is 1. The number of nitrogens with zero attached hydrogens (tertiary/aromatic N) is 1. The molecule has 0 radical (unpaired) electrons. The van der Waals surface area contributed by atoms with E-state index in [0.29, 0.717) is 12.1 Å². The van der Waals surface area contributed by atoms with Crippen LogP contribution in [-0.4, -0.2) is 29.8 Å². The number of esters is 1. The summed E-state index contributed by atoms with van der Waals surface area (Å²) in [6.45, 7) is 4.13. The zero-order valence-corrected chi connectivity index (χ0v) is 13.6. The molecule has 1 N–H and O–H groups in total. The van der Waals surface area contributed by atoms with Crippen LogP contribution in [0.4, 0.5) is 0 Å². The molecule has 0 saturated carbocycles. The minimum atomic E-state index is -0.695. The highest BCUT2D eigenvalue weighted by Crippen LogP contribution is 2.26. The number of aromatic hydroxyl groups is 1. The van der Waals surface area contributed by atoms with E-state index in [0.717, 1.165) is 10.9 Å². The molecule has 0 saturated heterocycles. The maximum Gasteiger partial charge on any atom is 0.313 e. The number of halogens is 1. The number of phenols is 1. The number of carbonyl (C=O) groups excluding carboxylic acids is 1. The van der Waals surface area contributed by atoms with Crippen LogP contribution in [0.15, 0.2) is 30.5 Å². The van der Waals surface area contributed by atoms with Crippen LogP contribution in [0, 0.1) is 5.41 Å². The Kier molecular flexibility index (Phi) is 6.14. The van der Waals surface area contributed by atoms with Crippen LogP contribution in [0.25, 0.3) is 10.9 Å². The first kappa shape index (κ1) is 18.2. The summed E-state index contributed by atoms with van der Waals surface area (Å²) in [5, 5.41) is 10.6. The number of benzene rings is 1. The first-order valence-corrected chi connectivity index (χ1v) is 6.67. The van der Waals surface area contributed by atoms with Crippen LogP contribution in [0.2, 0.25) is 0 Å². The lowest BCUT2D eigenvalue weighted by Crippen LogP contribution is -2.30. The summed E-state index contributed by atoms with van der Waals surface area (Å²) in [4.78, 5) is 15.7. The standard InChI is InChI=1S/C16H19NO4.ClH/c1-16(2,15(19)20-3)10-21-9-11-6-7-13(18)14-12(11)5-4-8-17-14;/h4-8,18H,9-10H2,1-3H3;1H. The van der Waals surface area contributed by atoms with Gasteiger partial charge in [0.2, 0.25) is 0 Å². The van der Waals surface area contributed by atoms with Crippen LogP contribution >= 0.6 is 12.4 Å². The molecule has 6 heteroatoms. The lowest BCUT2D eigenvalue weighted by molar-refractivity contribution is -0.154. The lowest BCUT2D eigenvalue weighted by Gasteiger charge is -2.21. The van der Waals surface area contributed by atoms with Gasteiger partial charge in [0.05, 0.1) is 25.7 Å². The predicted molar refractivity (Wildman–Crippen MR) is 86.1 cm³/mol. The SMILES string of the molecule is COC(=O)C(C)(C)COCc1ccc(O)c2ncccc12.Cl. The Bertz CT molecular complexity index is 658. The first-order chi connectivity index (χ1) is 9.95. The molecular formula is C16H20ClNO4. The molecule has 0 aliphatic heterocycles. The summed E-state index contributed by atoms with van der Waals surface area (Å²) in [6, 6.07) is 7.08. The number of fused-ring (bicyclic) bond motifs is 1. The van der Waals surface area contributed by atoms with E-state index in [2.05, 4.69) is 4.98 Å². The smallest absolute Gasteiger partial charge is 0.313 e. The summed E-state index contributed by atoms with van der Waals surface area (Å²) < 4.78 is 10.4. The third kappa shape index (κ3) is 3.87. The van der Waals surface area contributed by atoms with Crippen molar-refractivity contribution in [3.63, 3.8) is 0 Å². The van der Waals surface area contributed by atoms with Gasteiger partial charge in [0.1, 0.15) is 11.3 Å². The highest BCUT2D eigenvalue weighted by molar-refractivity contribution is 5.87. The third-order valence-electron chi connectivity index (χ3n) is 3.30. The van der Waals surface area contributed by atoms with E-state index in [1.807, 2.05) is 12.1 Å². The maximum absolute atomic E-state index is 11.6. The number of ether oxygens (including phenoxy) is 2. The van der Waals surface area contributed by atoms with E-state index in [1.165, 1.54) is 7.11 Å². The topological polar surface area (TPSA) is 68.7 Å². The largest absolute Gasteiger partial charge is 0.506 e. The quantitative estimate of drug-likeness (QED) is 0.856. The second-order valence-corrected chi connectivity index (χ2v) is 5.51. The van der Waals surface area contributed by atoms with Gasteiger partial charge in [-0.15, -0.1) is 12.4 Å². The monoisotopic (exact) mass is 325 g/mol. The molecule has 0 fully saturated rings. The summed E-state index contributed by atoms with van der Waals surface area (Å²) in [6.07, 6.45) is 1.63. The van der Waals surface area contributed by atoms with Gasteiger partial charge in [-0.2, -0.15) is 0 Å². The molecule has 120 valence electrons. The maximum atomic E-state index is 11.6. The van der Waals surface area contributed by atoms with Crippen molar-refractivity contribution >= 4 is 29.3 Å². The van der Waals surface area contributed by atoms with Crippen LogP contribution in [0.5, 0.6) is 5.75 Å².